The molecule has 0 aliphatic rings. The molecule has 0 fully saturated rings. The first-order valence-electron chi connectivity index (χ1n) is 8.18. The summed E-state index contributed by atoms with van der Waals surface area (Å²) in [4.78, 5) is 2.33. The van der Waals surface area contributed by atoms with E-state index in [1.165, 1.54) is 0 Å². The van der Waals surface area contributed by atoms with Gasteiger partial charge in [0.05, 0.1) is 12.1 Å². The molecule has 0 unspecified atom stereocenters. The van der Waals surface area contributed by atoms with Gasteiger partial charge >= 0.3 is 0 Å². The summed E-state index contributed by atoms with van der Waals surface area (Å²) >= 11 is 0. The summed E-state index contributed by atoms with van der Waals surface area (Å²) in [5.74, 6) is 0. The number of nitrogens with zero attached hydrogens (tertiary/aromatic N) is 1. The minimum absolute atomic E-state index is 0.0338. The van der Waals surface area contributed by atoms with Gasteiger partial charge in [-0.05, 0) is 31.0 Å². The number of hydrogen-bond donors (Lipinski definition) is 1. The van der Waals surface area contributed by atoms with Crippen LogP contribution in [0.3, 0.4) is 0 Å². The van der Waals surface area contributed by atoms with Crippen molar-refractivity contribution in [1.29, 1.82) is 0 Å². The monoisotopic (exact) mass is 297 g/mol. The smallest absolute Gasteiger partial charge is 0.0986 e. The van der Waals surface area contributed by atoms with Crippen molar-refractivity contribution < 1.29 is 5.11 Å². The Morgan fingerprint density at radius 2 is 1.27 bits per heavy atom. The van der Waals surface area contributed by atoms with Gasteiger partial charge in [-0.15, -0.1) is 0 Å². The maximum Gasteiger partial charge on any atom is 0.0986 e. The van der Waals surface area contributed by atoms with E-state index in [2.05, 4.69) is 37.9 Å². The maximum atomic E-state index is 11.0. The zero-order chi connectivity index (χ0) is 15.9. The zero-order valence-electron chi connectivity index (χ0n) is 13.8. The Balaban J connectivity index is 2.37. The summed E-state index contributed by atoms with van der Waals surface area (Å²) in [6.07, 6.45) is 1.63. The van der Waals surface area contributed by atoms with Crippen LogP contribution in [0, 0.1) is 0 Å². The van der Waals surface area contributed by atoms with Gasteiger partial charge < -0.3 is 5.11 Å². The second-order valence-corrected chi connectivity index (χ2v) is 5.85. The highest BCUT2D eigenvalue weighted by atomic mass is 16.3. The molecule has 2 nitrogen and oxygen atoms in total. The molecular weight excluding hydrogens is 270 g/mol. The SMILES string of the molecule is CCC(CC)N(C)[C@@H](c1ccccc1)[C@H](O)c1ccccc1. The van der Waals surface area contributed by atoms with Gasteiger partial charge in [0, 0.05) is 6.04 Å². The number of aliphatic hydroxyl groups is 1. The van der Waals surface area contributed by atoms with Crippen LogP contribution < -0.4 is 0 Å². The first-order valence-corrected chi connectivity index (χ1v) is 8.18. The summed E-state index contributed by atoms with van der Waals surface area (Å²) in [7, 11) is 2.13. The van der Waals surface area contributed by atoms with Crippen molar-refractivity contribution in [1.82, 2.24) is 4.90 Å². The molecule has 0 aromatic heterocycles. The first kappa shape index (κ1) is 16.7. The second kappa shape index (κ2) is 8.11. The average molecular weight is 297 g/mol. The van der Waals surface area contributed by atoms with Gasteiger partial charge in [0.2, 0.25) is 0 Å². The maximum absolute atomic E-state index is 11.0. The van der Waals surface area contributed by atoms with Gasteiger partial charge in [-0.1, -0.05) is 74.5 Å². The lowest BCUT2D eigenvalue weighted by Crippen LogP contribution is -2.37. The quantitative estimate of drug-likeness (QED) is 0.808. The third-order valence-electron chi connectivity index (χ3n) is 4.54. The van der Waals surface area contributed by atoms with Crippen molar-refractivity contribution in [3.05, 3.63) is 71.8 Å². The molecule has 0 aliphatic carbocycles. The van der Waals surface area contributed by atoms with E-state index in [4.69, 9.17) is 0 Å². The minimum atomic E-state index is -0.533. The van der Waals surface area contributed by atoms with Gasteiger partial charge in [-0.3, -0.25) is 4.90 Å². The highest BCUT2D eigenvalue weighted by Crippen LogP contribution is 2.35. The third kappa shape index (κ3) is 3.76. The molecule has 0 saturated carbocycles. The largest absolute Gasteiger partial charge is 0.386 e. The fraction of sp³-hybridized carbons (Fsp3) is 0.400. The topological polar surface area (TPSA) is 23.5 Å². The van der Waals surface area contributed by atoms with Crippen molar-refractivity contribution in [3.8, 4) is 0 Å². The third-order valence-corrected chi connectivity index (χ3v) is 4.54. The Labute approximate surface area is 134 Å². The van der Waals surface area contributed by atoms with Crippen LogP contribution in [0.2, 0.25) is 0 Å². The summed E-state index contributed by atoms with van der Waals surface area (Å²) in [5, 5.41) is 11.0. The van der Waals surface area contributed by atoms with Crippen LogP contribution in [-0.4, -0.2) is 23.1 Å². The van der Waals surface area contributed by atoms with Gasteiger partial charge in [0.15, 0.2) is 0 Å². The van der Waals surface area contributed by atoms with Crippen LogP contribution in [-0.2, 0) is 0 Å². The molecule has 0 amide bonds. The molecular formula is C20H27NO. The molecule has 1 N–H and O–H groups in total. The van der Waals surface area contributed by atoms with Crippen LogP contribution in [0.5, 0.6) is 0 Å². The zero-order valence-corrected chi connectivity index (χ0v) is 13.8. The molecule has 2 heteroatoms. The van der Waals surface area contributed by atoms with Gasteiger partial charge in [0.1, 0.15) is 0 Å². The molecule has 2 rings (SSSR count). The second-order valence-electron chi connectivity index (χ2n) is 5.85. The predicted molar refractivity (Wildman–Crippen MR) is 92.7 cm³/mol. The van der Waals surface area contributed by atoms with E-state index in [1.807, 2.05) is 48.5 Å². The average Bonchev–Trinajstić information content (AvgIpc) is 2.58. The summed E-state index contributed by atoms with van der Waals surface area (Å²) in [5.41, 5.74) is 2.13. The molecule has 0 saturated heterocycles. The van der Waals surface area contributed by atoms with E-state index in [-0.39, 0.29) is 6.04 Å². The van der Waals surface area contributed by atoms with E-state index >= 15 is 0 Å². The minimum Gasteiger partial charge on any atom is -0.386 e. The lowest BCUT2D eigenvalue weighted by atomic mass is 9.93. The molecule has 118 valence electrons. The Morgan fingerprint density at radius 1 is 0.818 bits per heavy atom. The van der Waals surface area contributed by atoms with Crippen molar-refractivity contribution in [2.24, 2.45) is 0 Å². The number of aliphatic hydroxyl groups excluding tert-OH is 1. The predicted octanol–water partition coefficient (Wildman–Crippen LogP) is 4.58. The molecule has 0 spiro atoms. The van der Waals surface area contributed by atoms with Crippen molar-refractivity contribution >= 4 is 0 Å². The summed E-state index contributed by atoms with van der Waals surface area (Å²) in [6, 6.07) is 20.7. The Hall–Kier alpha value is -1.64. The van der Waals surface area contributed by atoms with Crippen molar-refractivity contribution in [2.75, 3.05) is 7.05 Å². The number of benzene rings is 2. The molecule has 2 aromatic carbocycles. The number of likely N-dealkylation sites (N-methyl/N-ethyl adjacent to an activating group) is 1. The number of hydrogen-bond acceptors (Lipinski definition) is 2. The van der Waals surface area contributed by atoms with Crippen molar-refractivity contribution in [2.45, 2.75) is 44.9 Å². The molecule has 2 atom stereocenters. The lowest BCUT2D eigenvalue weighted by Gasteiger charge is -2.37. The molecule has 22 heavy (non-hydrogen) atoms. The number of rotatable bonds is 7. The highest BCUT2D eigenvalue weighted by Gasteiger charge is 2.29. The standard InChI is InChI=1S/C20H27NO/c1-4-18(5-2)21(3)19(16-12-8-6-9-13-16)20(22)17-14-10-7-11-15-17/h6-15,18-20,22H,4-5H2,1-3H3/t19-,20+/m0/s1. The Bertz CT molecular complexity index is 536. The molecule has 2 aromatic rings. The normalized spacial score (nSPS) is 14.3. The fourth-order valence-electron chi connectivity index (χ4n) is 3.21. The van der Waals surface area contributed by atoms with Crippen LogP contribution in [0.25, 0.3) is 0 Å². The molecule has 0 radical (unpaired) electrons. The summed E-state index contributed by atoms with van der Waals surface area (Å²) in [6.45, 7) is 4.42. The van der Waals surface area contributed by atoms with Crippen LogP contribution in [0.4, 0.5) is 0 Å². The highest BCUT2D eigenvalue weighted by molar-refractivity contribution is 5.26. The van der Waals surface area contributed by atoms with Crippen LogP contribution in [0.15, 0.2) is 60.7 Å². The molecule has 0 heterocycles. The Morgan fingerprint density at radius 3 is 1.73 bits per heavy atom. The molecule has 0 aliphatic heterocycles. The van der Waals surface area contributed by atoms with Crippen molar-refractivity contribution in [3.63, 3.8) is 0 Å². The van der Waals surface area contributed by atoms with Crippen LogP contribution in [0.1, 0.15) is 50.0 Å². The van der Waals surface area contributed by atoms with E-state index < -0.39 is 6.10 Å². The van der Waals surface area contributed by atoms with Crippen LogP contribution >= 0.6 is 0 Å². The van der Waals surface area contributed by atoms with Gasteiger partial charge in [-0.2, -0.15) is 0 Å². The molecule has 0 bridgehead atoms. The van der Waals surface area contributed by atoms with Gasteiger partial charge in [-0.25, -0.2) is 0 Å². The van der Waals surface area contributed by atoms with E-state index in [0.29, 0.717) is 6.04 Å². The van der Waals surface area contributed by atoms with E-state index in [9.17, 15) is 5.11 Å². The van der Waals surface area contributed by atoms with Gasteiger partial charge in [0.25, 0.3) is 0 Å². The summed E-state index contributed by atoms with van der Waals surface area (Å²) < 4.78 is 0. The fourth-order valence-corrected chi connectivity index (χ4v) is 3.21. The lowest BCUT2D eigenvalue weighted by molar-refractivity contribution is 0.0359. The van der Waals surface area contributed by atoms with E-state index in [0.717, 1.165) is 24.0 Å². The van der Waals surface area contributed by atoms with E-state index in [1.54, 1.807) is 0 Å². The first-order chi connectivity index (χ1) is 10.7. The Kier molecular flexibility index (Phi) is 6.17.